The monoisotopic (exact) mass is 383 g/mol. The first-order valence-corrected chi connectivity index (χ1v) is 8.98. The Hall–Kier alpha value is -4.19. The van der Waals surface area contributed by atoms with Crippen molar-refractivity contribution < 1.29 is 4.92 Å². The Morgan fingerprint density at radius 3 is 1.55 bits per heavy atom. The van der Waals surface area contributed by atoms with Crippen LogP contribution in [0.4, 0.5) is 5.69 Å². The Kier molecular flexibility index (Phi) is 4.66. The third-order valence-electron chi connectivity index (χ3n) is 4.74. The summed E-state index contributed by atoms with van der Waals surface area (Å²) >= 11 is 0. The standard InChI is InChI=1S/C23H17N3O3/c24-25-21(18-14-8-3-9-15-18)19(16-10-4-1-5-11-16)20(17-12-6-2-7-13-17)22(23(25)27)26(28)29/h1-15H,24H2. The van der Waals surface area contributed by atoms with E-state index in [9.17, 15) is 14.9 Å². The Labute approximate surface area is 166 Å². The number of rotatable bonds is 4. The van der Waals surface area contributed by atoms with Crippen LogP contribution in [0.5, 0.6) is 0 Å². The average Bonchev–Trinajstić information content (AvgIpc) is 2.76. The lowest BCUT2D eigenvalue weighted by molar-refractivity contribution is -0.385. The van der Waals surface area contributed by atoms with Gasteiger partial charge in [-0.1, -0.05) is 91.0 Å². The van der Waals surface area contributed by atoms with Crippen molar-refractivity contribution in [2.75, 3.05) is 5.84 Å². The molecule has 4 aromatic rings. The van der Waals surface area contributed by atoms with Gasteiger partial charge in [-0.3, -0.25) is 14.9 Å². The lowest BCUT2D eigenvalue weighted by Crippen LogP contribution is -2.31. The summed E-state index contributed by atoms with van der Waals surface area (Å²) in [5.41, 5.74) is 1.82. The van der Waals surface area contributed by atoms with E-state index in [1.54, 1.807) is 24.3 Å². The second-order valence-electron chi connectivity index (χ2n) is 6.48. The summed E-state index contributed by atoms with van der Waals surface area (Å²) in [6, 6.07) is 27.3. The largest absolute Gasteiger partial charge is 0.348 e. The molecule has 0 amide bonds. The summed E-state index contributed by atoms with van der Waals surface area (Å²) in [7, 11) is 0. The third kappa shape index (κ3) is 3.17. The molecule has 0 aliphatic rings. The molecule has 142 valence electrons. The normalized spacial score (nSPS) is 10.6. The molecule has 0 saturated heterocycles. The fourth-order valence-electron chi connectivity index (χ4n) is 3.50. The highest BCUT2D eigenvalue weighted by Gasteiger charge is 2.30. The van der Waals surface area contributed by atoms with Gasteiger partial charge in [-0.25, -0.2) is 4.68 Å². The van der Waals surface area contributed by atoms with Crippen LogP contribution >= 0.6 is 0 Å². The zero-order valence-electron chi connectivity index (χ0n) is 15.4. The van der Waals surface area contributed by atoms with Crippen LogP contribution in [0.15, 0.2) is 95.8 Å². The average molecular weight is 383 g/mol. The van der Waals surface area contributed by atoms with E-state index >= 15 is 0 Å². The maximum Gasteiger partial charge on any atom is 0.348 e. The van der Waals surface area contributed by atoms with Crippen molar-refractivity contribution in [3.8, 4) is 33.5 Å². The van der Waals surface area contributed by atoms with Gasteiger partial charge in [0, 0.05) is 11.1 Å². The molecule has 1 heterocycles. The highest BCUT2D eigenvalue weighted by atomic mass is 16.6. The topological polar surface area (TPSA) is 91.2 Å². The number of nitro groups is 1. The molecule has 0 aliphatic carbocycles. The van der Waals surface area contributed by atoms with Crippen LogP contribution in [0.2, 0.25) is 0 Å². The van der Waals surface area contributed by atoms with E-state index in [1.165, 1.54) is 0 Å². The molecule has 0 radical (unpaired) electrons. The Morgan fingerprint density at radius 1 is 0.690 bits per heavy atom. The van der Waals surface area contributed by atoms with Gasteiger partial charge in [0.15, 0.2) is 0 Å². The number of nitrogens with zero attached hydrogens (tertiary/aromatic N) is 2. The molecule has 0 spiro atoms. The number of hydrogen-bond donors (Lipinski definition) is 1. The van der Waals surface area contributed by atoms with Crippen LogP contribution in [-0.4, -0.2) is 9.60 Å². The van der Waals surface area contributed by atoms with Gasteiger partial charge in [0.25, 0.3) is 0 Å². The molecule has 0 unspecified atom stereocenters. The first-order valence-electron chi connectivity index (χ1n) is 8.98. The zero-order valence-corrected chi connectivity index (χ0v) is 15.4. The molecule has 0 aliphatic heterocycles. The predicted octanol–water partition coefficient (Wildman–Crippen LogP) is 4.47. The molecular weight excluding hydrogens is 366 g/mol. The number of hydrogen-bond acceptors (Lipinski definition) is 4. The van der Waals surface area contributed by atoms with Gasteiger partial charge in [-0.05, 0) is 11.1 Å². The third-order valence-corrected chi connectivity index (χ3v) is 4.74. The van der Waals surface area contributed by atoms with Crippen LogP contribution < -0.4 is 11.4 Å². The molecular formula is C23H17N3O3. The number of aromatic nitrogens is 1. The Morgan fingerprint density at radius 2 is 1.10 bits per heavy atom. The number of pyridine rings is 1. The molecule has 6 heteroatoms. The van der Waals surface area contributed by atoms with E-state index in [0.717, 1.165) is 10.2 Å². The fraction of sp³-hybridized carbons (Fsp3) is 0. The molecule has 2 N–H and O–H groups in total. The summed E-state index contributed by atoms with van der Waals surface area (Å²) in [5, 5.41) is 11.9. The summed E-state index contributed by atoms with van der Waals surface area (Å²) in [4.78, 5) is 24.3. The second-order valence-corrected chi connectivity index (χ2v) is 6.48. The van der Waals surface area contributed by atoms with Crippen molar-refractivity contribution in [3.63, 3.8) is 0 Å². The van der Waals surface area contributed by atoms with Gasteiger partial charge < -0.3 is 5.84 Å². The van der Waals surface area contributed by atoms with Crippen molar-refractivity contribution in [3.05, 3.63) is 111 Å². The van der Waals surface area contributed by atoms with Crippen LogP contribution in [0, 0.1) is 10.1 Å². The lowest BCUT2D eigenvalue weighted by Gasteiger charge is -2.19. The number of nitrogen functional groups attached to an aromatic ring is 1. The van der Waals surface area contributed by atoms with Gasteiger partial charge in [0.2, 0.25) is 0 Å². The summed E-state index contributed by atoms with van der Waals surface area (Å²) in [6.07, 6.45) is 0. The summed E-state index contributed by atoms with van der Waals surface area (Å²) in [5.74, 6) is 6.14. The molecule has 0 bridgehead atoms. The smallest absolute Gasteiger partial charge is 0.336 e. The van der Waals surface area contributed by atoms with E-state index in [-0.39, 0.29) is 5.56 Å². The summed E-state index contributed by atoms with van der Waals surface area (Å²) < 4.78 is 0.877. The van der Waals surface area contributed by atoms with Crippen molar-refractivity contribution in [2.24, 2.45) is 0 Å². The predicted molar refractivity (Wildman–Crippen MR) is 114 cm³/mol. The SMILES string of the molecule is Nn1c(-c2ccccc2)c(-c2ccccc2)c(-c2ccccc2)c([N+](=O)[O-])c1=O. The molecule has 3 aromatic carbocycles. The van der Waals surface area contributed by atoms with Crippen LogP contribution in [0.25, 0.3) is 33.5 Å². The molecule has 6 nitrogen and oxygen atoms in total. The Bertz CT molecular complexity index is 1240. The Balaban J connectivity index is 2.26. The zero-order chi connectivity index (χ0) is 20.4. The van der Waals surface area contributed by atoms with Gasteiger partial charge in [0.05, 0.1) is 16.2 Å². The van der Waals surface area contributed by atoms with Crippen LogP contribution in [-0.2, 0) is 0 Å². The minimum Gasteiger partial charge on any atom is -0.336 e. The van der Waals surface area contributed by atoms with Crippen molar-refractivity contribution in [1.82, 2.24) is 4.68 Å². The second kappa shape index (κ2) is 7.44. The van der Waals surface area contributed by atoms with Crippen molar-refractivity contribution in [2.45, 2.75) is 0 Å². The molecule has 29 heavy (non-hydrogen) atoms. The fourth-order valence-corrected chi connectivity index (χ4v) is 3.50. The molecule has 0 saturated carbocycles. The lowest BCUT2D eigenvalue weighted by atomic mass is 9.90. The molecule has 0 atom stereocenters. The van der Waals surface area contributed by atoms with Crippen LogP contribution in [0.1, 0.15) is 0 Å². The number of benzene rings is 3. The maximum atomic E-state index is 13.0. The van der Waals surface area contributed by atoms with Crippen molar-refractivity contribution >= 4 is 5.69 Å². The first kappa shape index (κ1) is 18.2. The van der Waals surface area contributed by atoms with Gasteiger partial charge in [-0.2, -0.15) is 0 Å². The van der Waals surface area contributed by atoms with E-state index in [4.69, 9.17) is 5.84 Å². The van der Waals surface area contributed by atoms with Crippen LogP contribution in [0.3, 0.4) is 0 Å². The highest BCUT2D eigenvalue weighted by molar-refractivity contribution is 5.97. The summed E-state index contributed by atoms with van der Waals surface area (Å²) in [6.45, 7) is 0. The molecule has 0 fully saturated rings. The first-order chi connectivity index (χ1) is 14.1. The van der Waals surface area contributed by atoms with Gasteiger partial charge in [0.1, 0.15) is 0 Å². The minimum atomic E-state index is -0.854. The van der Waals surface area contributed by atoms with Crippen molar-refractivity contribution in [1.29, 1.82) is 0 Å². The van der Waals surface area contributed by atoms with Gasteiger partial charge in [-0.15, -0.1) is 0 Å². The van der Waals surface area contributed by atoms with E-state index in [1.807, 2.05) is 66.7 Å². The number of nitrogens with two attached hydrogens (primary N) is 1. The van der Waals surface area contributed by atoms with E-state index in [0.29, 0.717) is 22.4 Å². The van der Waals surface area contributed by atoms with E-state index in [2.05, 4.69) is 0 Å². The maximum absolute atomic E-state index is 13.0. The van der Waals surface area contributed by atoms with Gasteiger partial charge >= 0.3 is 11.2 Å². The minimum absolute atomic E-state index is 0.257. The quantitative estimate of drug-likeness (QED) is 0.320. The molecule has 1 aromatic heterocycles. The highest BCUT2D eigenvalue weighted by Crippen LogP contribution is 2.42. The molecule has 4 rings (SSSR count). The van der Waals surface area contributed by atoms with E-state index < -0.39 is 16.2 Å².